The zero-order valence-corrected chi connectivity index (χ0v) is 21.2. The number of benzene rings is 2. The molecule has 0 unspecified atom stereocenters. The van der Waals surface area contributed by atoms with Crippen molar-refractivity contribution in [3.05, 3.63) is 97.6 Å². The lowest BCUT2D eigenvalue weighted by Gasteiger charge is -2.31. The lowest BCUT2D eigenvalue weighted by molar-refractivity contribution is -0.138. The predicted molar refractivity (Wildman–Crippen MR) is 137 cm³/mol. The molecule has 0 atom stereocenters. The topological polar surface area (TPSA) is 59.3 Å². The molecule has 2 heterocycles. The van der Waals surface area contributed by atoms with Crippen molar-refractivity contribution in [1.29, 1.82) is 0 Å². The van der Waals surface area contributed by atoms with Gasteiger partial charge in [0.1, 0.15) is 11.5 Å². The van der Waals surface area contributed by atoms with Gasteiger partial charge in [0.25, 0.3) is 5.56 Å². The van der Waals surface area contributed by atoms with Gasteiger partial charge in [0.2, 0.25) is 0 Å². The van der Waals surface area contributed by atoms with Crippen LogP contribution in [0.4, 0.5) is 23.2 Å². The van der Waals surface area contributed by atoms with E-state index in [-0.39, 0.29) is 17.9 Å². The van der Waals surface area contributed by atoms with Crippen LogP contribution in [0.15, 0.2) is 58.1 Å². The van der Waals surface area contributed by atoms with Crippen LogP contribution in [-0.4, -0.2) is 35.3 Å². The Morgan fingerprint density at radius 2 is 1.57 bits per heavy atom. The zero-order chi connectivity index (χ0) is 27.2. The van der Waals surface area contributed by atoms with Crippen LogP contribution in [0.2, 0.25) is 0 Å². The van der Waals surface area contributed by atoms with Gasteiger partial charge < -0.3 is 10.2 Å². The minimum Gasteiger partial charge on any atom is -0.363 e. The van der Waals surface area contributed by atoms with E-state index in [1.54, 1.807) is 0 Å². The highest BCUT2D eigenvalue weighted by atomic mass is 19.4. The van der Waals surface area contributed by atoms with Crippen molar-refractivity contribution in [2.75, 3.05) is 31.1 Å². The Kier molecular flexibility index (Phi) is 9.31. The molecule has 37 heavy (non-hydrogen) atoms. The zero-order valence-electron chi connectivity index (χ0n) is 21.2. The third-order valence-electron chi connectivity index (χ3n) is 6.30. The number of aryl methyl sites for hydroxylation is 1. The largest absolute Gasteiger partial charge is 0.416 e. The smallest absolute Gasteiger partial charge is 0.363 e. The van der Waals surface area contributed by atoms with Crippen LogP contribution in [-0.2, 0) is 25.7 Å². The molecule has 6 nitrogen and oxygen atoms in total. The van der Waals surface area contributed by atoms with Crippen LogP contribution in [0.1, 0.15) is 36.2 Å². The summed E-state index contributed by atoms with van der Waals surface area (Å²) in [6.45, 7) is 7.17. The summed E-state index contributed by atoms with van der Waals surface area (Å²) in [6.07, 6.45) is -4.41. The van der Waals surface area contributed by atoms with Crippen LogP contribution in [0.5, 0.6) is 0 Å². The van der Waals surface area contributed by atoms with E-state index in [0.717, 1.165) is 32.9 Å². The van der Waals surface area contributed by atoms with Gasteiger partial charge >= 0.3 is 11.9 Å². The molecule has 3 aromatic rings. The molecular formula is C27H32F4N4O2. The Morgan fingerprint density at radius 1 is 0.919 bits per heavy atom. The van der Waals surface area contributed by atoms with Gasteiger partial charge in [0, 0.05) is 44.0 Å². The normalized spacial score (nSPS) is 13.8. The number of hydrogen-bond donors (Lipinski definition) is 1. The van der Waals surface area contributed by atoms with Gasteiger partial charge in [-0.3, -0.25) is 13.9 Å². The van der Waals surface area contributed by atoms with Crippen molar-refractivity contribution in [2.45, 2.75) is 46.5 Å². The molecule has 2 aromatic carbocycles. The summed E-state index contributed by atoms with van der Waals surface area (Å²) in [5.41, 5.74) is -1.66. The summed E-state index contributed by atoms with van der Waals surface area (Å²) in [5.74, 6) is -1.06. The summed E-state index contributed by atoms with van der Waals surface area (Å²) in [6, 6.07) is 12.0. The van der Waals surface area contributed by atoms with Crippen molar-refractivity contribution in [2.24, 2.45) is 0 Å². The van der Waals surface area contributed by atoms with Gasteiger partial charge in [-0.15, -0.1) is 0 Å². The second kappa shape index (κ2) is 12.2. The average molecular weight is 521 g/mol. The molecule has 1 aliphatic heterocycles. The van der Waals surface area contributed by atoms with E-state index in [0.29, 0.717) is 32.6 Å². The lowest BCUT2D eigenvalue weighted by Crippen LogP contribution is -2.50. The average Bonchev–Trinajstić information content (AvgIpc) is 2.89. The van der Waals surface area contributed by atoms with E-state index >= 15 is 0 Å². The summed E-state index contributed by atoms with van der Waals surface area (Å²) in [5, 5.41) is 3.19. The van der Waals surface area contributed by atoms with Gasteiger partial charge in [-0.2, -0.15) is 13.2 Å². The molecular weight excluding hydrogens is 488 g/mol. The van der Waals surface area contributed by atoms with Crippen LogP contribution < -0.4 is 21.5 Å². The minimum atomic E-state index is -4.79. The number of halogens is 4. The fraction of sp³-hybridized carbons (Fsp3) is 0.407. The van der Waals surface area contributed by atoms with Crippen LogP contribution in [0.25, 0.3) is 0 Å². The Morgan fingerprint density at radius 3 is 2.19 bits per heavy atom. The third-order valence-corrected chi connectivity index (χ3v) is 6.30. The predicted octanol–water partition coefficient (Wildman–Crippen LogP) is 4.20. The molecule has 0 spiro atoms. The second-order valence-electron chi connectivity index (χ2n) is 8.50. The van der Waals surface area contributed by atoms with Gasteiger partial charge in [-0.1, -0.05) is 50.2 Å². The van der Waals surface area contributed by atoms with Gasteiger partial charge in [-0.05, 0) is 31.0 Å². The number of piperazine rings is 1. The highest BCUT2D eigenvalue weighted by Gasteiger charge is 2.35. The molecule has 1 fully saturated rings. The number of hydrogen-bond acceptors (Lipinski definition) is 4. The van der Waals surface area contributed by atoms with E-state index in [1.165, 1.54) is 6.92 Å². The van der Waals surface area contributed by atoms with Crippen molar-refractivity contribution in [3.8, 4) is 0 Å². The number of anilines is 1. The fourth-order valence-corrected chi connectivity index (χ4v) is 4.45. The highest BCUT2D eigenvalue weighted by Crippen LogP contribution is 2.33. The Hall–Kier alpha value is -3.40. The Bertz CT molecular complexity index is 1310. The number of nitrogens with zero attached hydrogens (tertiary/aromatic N) is 3. The van der Waals surface area contributed by atoms with Gasteiger partial charge in [0.15, 0.2) is 0 Å². The summed E-state index contributed by atoms with van der Waals surface area (Å²) >= 11 is 0. The van der Waals surface area contributed by atoms with Crippen molar-refractivity contribution in [3.63, 3.8) is 0 Å². The molecule has 0 radical (unpaired) electrons. The fourth-order valence-electron chi connectivity index (χ4n) is 4.45. The van der Waals surface area contributed by atoms with Crippen molar-refractivity contribution >= 4 is 5.69 Å². The molecule has 10 heteroatoms. The first-order valence-corrected chi connectivity index (χ1v) is 12.4. The SMILES string of the molecule is CC.Cc1c(N2CCNCC2)c(=O)n(CCc2ccccc2)c(=O)n1Cc1c(F)cccc1C(F)(F)F. The first-order valence-electron chi connectivity index (χ1n) is 12.4. The second-order valence-corrected chi connectivity index (χ2v) is 8.50. The molecule has 0 bridgehead atoms. The molecule has 1 N–H and O–H groups in total. The third kappa shape index (κ3) is 6.30. The number of aromatic nitrogens is 2. The van der Waals surface area contributed by atoms with E-state index in [9.17, 15) is 27.2 Å². The highest BCUT2D eigenvalue weighted by molar-refractivity contribution is 5.50. The van der Waals surface area contributed by atoms with Crippen molar-refractivity contribution in [1.82, 2.24) is 14.5 Å². The first kappa shape index (κ1) is 28.2. The maximum Gasteiger partial charge on any atom is 0.416 e. The standard InChI is InChI=1S/C25H26F4N4O2.C2H6/c1-17-22(31-14-11-30-12-15-31)23(34)32(13-10-18-6-3-2-4-7-18)24(35)33(17)16-19-20(25(27,28)29)8-5-9-21(19)26;1-2/h2-9,30H,10-16H2,1H3;1-2H3. The number of alkyl halides is 3. The van der Waals surface area contributed by atoms with Crippen LogP contribution in [0, 0.1) is 12.7 Å². The number of nitrogens with one attached hydrogen (secondary N) is 1. The maximum atomic E-state index is 14.6. The van der Waals surface area contributed by atoms with E-state index in [4.69, 9.17) is 0 Å². The summed E-state index contributed by atoms with van der Waals surface area (Å²) in [4.78, 5) is 28.7. The van der Waals surface area contributed by atoms with E-state index in [2.05, 4.69) is 5.32 Å². The molecule has 0 aliphatic carbocycles. The molecule has 1 aromatic heterocycles. The quantitative estimate of drug-likeness (QED) is 0.495. The molecule has 0 amide bonds. The first-order chi connectivity index (χ1) is 17.7. The summed E-state index contributed by atoms with van der Waals surface area (Å²) in [7, 11) is 0. The monoisotopic (exact) mass is 520 g/mol. The molecule has 0 saturated carbocycles. The lowest BCUT2D eigenvalue weighted by atomic mass is 10.1. The molecule has 1 saturated heterocycles. The molecule has 200 valence electrons. The molecule has 1 aliphatic rings. The Labute approximate surface area is 213 Å². The van der Waals surface area contributed by atoms with E-state index in [1.807, 2.05) is 49.1 Å². The van der Waals surface area contributed by atoms with Gasteiger partial charge in [0.05, 0.1) is 12.1 Å². The van der Waals surface area contributed by atoms with Crippen LogP contribution >= 0.6 is 0 Å². The van der Waals surface area contributed by atoms with Gasteiger partial charge in [-0.25, -0.2) is 9.18 Å². The maximum absolute atomic E-state index is 14.6. The minimum absolute atomic E-state index is 0.0461. The van der Waals surface area contributed by atoms with Crippen LogP contribution in [0.3, 0.4) is 0 Å². The summed E-state index contributed by atoms with van der Waals surface area (Å²) < 4.78 is 57.6. The number of rotatable bonds is 6. The Balaban J connectivity index is 0.00000186. The molecule has 4 rings (SSSR count). The van der Waals surface area contributed by atoms with Crippen molar-refractivity contribution < 1.29 is 17.6 Å². The van der Waals surface area contributed by atoms with E-state index < -0.39 is 40.9 Å².